The Bertz CT molecular complexity index is 203. The zero-order valence-corrected chi connectivity index (χ0v) is 9.82. The summed E-state index contributed by atoms with van der Waals surface area (Å²) in [4.78, 5) is 13.4. The number of morpholine rings is 1. The van der Waals surface area contributed by atoms with Crippen LogP contribution in [0, 0.1) is 0 Å². The van der Waals surface area contributed by atoms with Crippen molar-refractivity contribution < 1.29 is 9.53 Å². The lowest BCUT2D eigenvalue weighted by Gasteiger charge is -2.28. The maximum Gasteiger partial charge on any atom is 0.237 e. The average Bonchev–Trinajstić information content (AvgIpc) is 2.26. The Morgan fingerprint density at radius 2 is 2.07 bits per heavy atom. The second kappa shape index (κ2) is 6.05. The smallest absolute Gasteiger partial charge is 0.237 e. The lowest BCUT2D eigenvalue weighted by atomic mass is 10.3. The van der Waals surface area contributed by atoms with Crippen LogP contribution in [0.1, 0.15) is 13.8 Å². The van der Waals surface area contributed by atoms with E-state index in [2.05, 4.69) is 5.43 Å². The first-order chi connectivity index (χ1) is 7.11. The standard InChI is InChI=1S/C10H21N3O2/c1-9(2)12(3)10(14)8-11-13-4-6-15-7-5-13/h9,11H,4-8H2,1-3H3. The van der Waals surface area contributed by atoms with Crippen molar-refractivity contribution in [3.63, 3.8) is 0 Å². The van der Waals surface area contributed by atoms with Gasteiger partial charge in [-0.05, 0) is 13.8 Å². The molecule has 0 spiro atoms. The minimum absolute atomic E-state index is 0.122. The second-order valence-electron chi connectivity index (χ2n) is 4.03. The first kappa shape index (κ1) is 12.4. The molecule has 88 valence electrons. The summed E-state index contributed by atoms with van der Waals surface area (Å²) in [5.74, 6) is 0.122. The van der Waals surface area contributed by atoms with Crippen LogP contribution in [0.25, 0.3) is 0 Å². The van der Waals surface area contributed by atoms with Gasteiger partial charge in [0.1, 0.15) is 0 Å². The lowest BCUT2D eigenvalue weighted by Crippen LogP contribution is -2.50. The van der Waals surface area contributed by atoms with Gasteiger partial charge >= 0.3 is 0 Å². The van der Waals surface area contributed by atoms with Crippen molar-refractivity contribution in [3.8, 4) is 0 Å². The molecule has 1 amide bonds. The summed E-state index contributed by atoms with van der Waals surface area (Å²) in [6, 6.07) is 0.254. The highest BCUT2D eigenvalue weighted by molar-refractivity contribution is 5.78. The molecular formula is C10H21N3O2. The Kier molecular flexibility index (Phi) is 5.01. The number of nitrogens with one attached hydrogen (secondary N) is 1. The summed E-state index contributed by atoms with van der Waals surface area (Å²) in [5.41, 5.74) is 3.12. The quantitative estimate of drug-likeness (QED) is 0.699. The van der Waals surface area contributed by atoms with Gasteiger partial charge < -0.3 is 9.64 Å². The average molecular weight is 215 g/mol. The van der Waals surface area contributed by atoms with Crippen LogP contribution in [0.2, 0.25) is 0 Å². The molecule has 0 aromatic rings. The third kappa shape index (κ3) is 4.15. The van der Waals surface area contributed by atoms with Crippen molar-refractivity contribution in [2.75, 3.05) is 39.9 Å². The molecule has 1 aliphatic heterocycles. The number of hydrogen-bond acceptors (Lipinski definition) is 4. The summed E-state index contributed by atoms with van der Waals surface area (Å²) in [6.45, 7) is 7.55. The van der Waals surface area contributed by atoms with Crippen LogP contribution in [0.15, 0.2) is 0 Å². The summed E-state index contributed by atoms with van der Waals surface area (Å²) in [7, 11) is 1.83. The molecule has 5 nitrogen and oxygen atoms in total. The molecule has 1 heterocycles. The minimum Gasteiger partial charge on any atom is -0.379 e. The van der Waals surface area contributed by atoms with E-state index in [1.807, 2.05) is 25.9 Å². The molecule has 15 heavy (non-hydrogen) atoms. The highest BCUT2D eigenvalue weighted by atomic mass is 16.5. The third-order valence-corrected chi connectivity index (χ3v) is 2.63. The van der Waals surface area contributed by atoms with Gasteiger partial charge in [-0.25, -0.2) is 10.4 Å². The van der Waals surface area contributed by atoms with Crippen LogP contribution >= 0.6 is 0 Å². The van der Waals surface area contributed by atoms with Crippen molar-refractivity contribution >= 4 is 5.91 Å². The minimum atomic E-state index is 0.122. The van der Waals surface area contributed by atoms with Gasteiger partial charge in [0.2, 0.25) is 5.91 Å². The highest BCUT2D eigenvalue weighted by Gasteiger charge is 2.14. The fourth-order valence-corrected chi connectivity index (χ4v) is 1.31. The van der Waals surface area contributed by atoms with Crippen LogP contribution in [-0.2, 0) is 9.53 Å². The highest BCUT2D eigenvalue weighted by Crippen LogP contribution is 1.95. The molecule has 0 atom stereocenters. The molecule has 1 fully saturated rings. The Hall–Kier alpha value is -0.650. The van der Waals surface area contributed by atoms with Gasteiger partial charge in [-0.2, -0.15) is 0 Å². The van der Waals surface area contributed by atoms with E-state index in [4.69, 9.17) is 4.74 Å². The Morgan fingerprint density at radius 3 is 2.60 bits per heavy atom. The first-order valence-electron chi connectivity index (χ1n) is 5.43. The van der Waals surface area contributed by atoms with Gasteiger partial charge in [-0.15, -0.1) is 0 Å². The zero-order chi connectivity index (χ0) is 11.3. The van der Waals surface area contributed by atoms with Crippen molar-refractivity contribution in [1.82, 2.24) is 15.3 Å². The topological polar surface area (TPSA) is 44.8 Å². The molecule has 0 aromatic carbocycles. The molecule has 0 bridgehead atoms. The largest absolute Gasteiger partial charge is 0.379 e. The van der Waals surface area contributed by atoms with Crippen LogP contribution in [0.5, 0.6) is 0 Å². The zero-order valence-electron chi connectivity index (χ0n) is 9.82. The molecule has 0 unspecified atom stereocenters. The van der Waals surface area contributed by atoms with Gasteiger partial charge in [-0.1, -0.05) is 0 Å². The molecule has 0 aliphatic carbocycles. The fourth-order valence-electron chi connectivity index (χ4n) is 1.31. The van der Waals surface area contributed by atoms with Crippen molar-refractivity contribution in [1.29, 1.82) is 0 Å². The number of carbonyl (C=O) groups excluding carboxylic acids is 1. The predicted molar refractivity (Wildman–Crippen MR) is 58.3 cm³/mol. The number of ether oxygens (including phenoxy) is 1. The summed E-state index contributed by atoms with van der Waals surface area (Å²) >= 11 is 0. The molecule has 1 saturated heterocycles. The SMILES string of the molecule is CC(C)N(C)C(=O)CNN1CCOCC1. The Morgan fingerprint density at radius 1 is 1.47 bits per heavy atom. The maximum absolute atomic E-state index is 11.6. The fraction of sp³-hybridized carbons (Fsp3) is 0.900. The van der Waals surface area contributed by atoms with Crippen molar-refractivity contribution in [3.05, 3.63) is 0 Å². The third-order valence-electron chi connectivity index (χ3n) is 2.63. The van der Waals surface area contributed by atoms with Gasteiger partial charge in [0, 0.05) is 26.2 Å². The van der Waals surface area contributed by atoms with E-state index >= 15 is 0 Å². The van der Waals surface area contributed by atoms with Gasteiger partial charge in [0.05, 0.1) is 19.8 Å². The van der Waals surface area contributed by atoms with Gasteiger partial charge in [0.15, 0.2) is 0 Å². The molecule has 1 aliphatic rings. The number of hydrogen-bond donors (Lipinski definition) is 1. The van der Waals surface area contributed by atoms with Crippen LogP contribution in [0.4, 0.5) is 0 Å². The van der Waals surface area contributed by atoms with E-state index in [1.165, 1.54) is 0 Å². The van der Waals surface area contributed by atoms with Crippen molar-refractivity contribution in [2.45, 2.75) is 19.9 Å². The molecule has 5 heteroatoms. The molecule has 1 N–H and O–H groups in total. The monoisotopic (exact) mass is 215 g/mol. The number of hydrazine groups is 1. The normalized spacial score (nSPS) is 18.1. The predicted octanol–water partition coefficient (Wildman–Crippen LogP) is -0.310. The number of amides is 1. The number of carbonyl (C=O) groups is 1. The van der Waals surface area contributed by atoms with Crippen LogP contribution in [0.3, 0.4) is 0 Å². The Labute approximate surface area is 91.3 Å². The summed E-state index contributed by atoms with van der Waals surface area (Å²) in [5, 5.41) is 2.04. The number of rotatable bonds is 4. The number of nitrogens with zero attached hydrogens (tertiary/aromatic N) is 2. The molecule has 0 radical (unpaired) electrons. The van der Waals surface area contributed by atoms with E-state index in [-0.39, 0.29) is 11.9 Å². The molecule has 0 saturated carbocycles. The van der Waals surface area contributed by atoms with E-state index in [1.54, 1.807) is 4.90 Å². The van der Waals surface area contributed by atoms with Gasteiger partial charge in [0.25, 0.3) is 0 Å². The van der Waals surface area contributed by atoms with Crippen LogP contribution < -0.4 is 5.43 Å². The number of likely N-dealkylation sites (N-methyl/N-ethyl adjacent to an activating group) is 1. The van der Waals surface area contributed by atoms with E-state index in [9.17, 15) is 4.79 Å². The van der Waals surface area contributed by atoms with Crippen molar-refractivity contribution in [2.24, 2.45) is 0 Å². The first-order valence-corrected chi connectivity index (χ1v) is 5.43. The molecular weight excluding hydrogens is 194 g/mol. The van der Waals surface area contributed by atoms with Gasteiger partial charge in [-0.3, -0.25) is 4.79 Å². The van der Waals surface area contributed by atoms with E-state index in [0.717, 1.165) is 26.3 Å². The van der Waals surface area contributed by atoms with E-state index < -0.39 is 0 Å². The van der Waals surface area contributed by atoms with E-state index in [0.29, 0.717) is 6.54 Å². The summed E-state index contributed by atoms with van der Waals surface area (Å²) in [6.07, 6.45) is 0. The molecule has 1 rings (SSSR count). The Balaban J connectivity index is 2.20. The maximum atomic E-state index is 11.6. The lowest BCUT2D eigenvalue weighted by molar-refractivity contribution is -0.131. The summed E-state index contributed by atoms with van der Waals surface area (Å²) < 4.78 is 5.22. The molecule has 0 aromatic heterocycles. The van der Waals surface area contributed by atoms with Crippen LogP contribution in [-0.4, -0.2) is 61.8 Å². The second-order valence-corrected chi connectivity index (χ2v) is 4.03.